The van der Waals surface area contributed by atoms with Crippen LogP contribution in [0.1, 0.15) is 48.4 Å². The Morgan fingerprint density at radius 1 is 1.05 bits per heavy atom. The van der Waals surface area contributed by atoms with E-state index in [-0.39, 0.29) is 41.3 Å². The molecule has 0 unspecified atom stereocenters. The van der Waals surface area contributed by atoms with Gasteiger partial charge in [0.15, 0.2) is 5.13 Å². The van der Waals surface area contributed by atoms with Gasteiger partial charge in [0.2, 0.25) is 0 Å². The second-order valence-electron chi connectivity index (χ2n) is 9.20. The fourth-order valence-corrected chi connectivity index (χ4v) is 5.56. The summed E-state index contributed by atoms with van der Waals surface area (Å²) >= 11 is 7.38. The zero-order valence-electron chi connectivity index (χ0n) is 22.3. The molecule has 14 heteroatoms. The molecule has 0 saturated carbocycles. The predicted molar refractivity (Wildman–Crippen MR) is 148 cm³/mol. The molecule has 0 saturated heterocycles. The number of nitrogens with zero attached hydrogens (tertiary/aromatic N) is 5. The molecule has 0 bridgehead atoms. The number of thiazole rings is 1. The predicted octanol–water partition coefficient (Wildman–Crippen LogP) is 5.59. The van der Waals surface area contributed by atoms with E-state index in [4.69, 9.17) is 16.3 Å². The Hall–Kier alpha value is -4.23. The van der Waals surface area contributed by atoms with E-state index in [1.54, 1.807) is 24.0 Å². The standard InChI is InChI=1S/C27H23ClF2N6O4S/c1-12-5-19(40-26(29)30)14(3)33-23(12)25(38)36-10-18-21(11-36)41-27(34-18)35-24(37)17-8-31-13(2)6-15(17)16-7-22(28)32-9-20(16)39-4/h5-9,26H,10-11H2,1-4H3,(H,34,35,37). The molecule has 0 fully saturated rings. The van der Waals surface area contributed by atoms with Crippen LogP contribution in [0.5, 0.6) is 11.5 Å². The summed E-state index contributed by atoms with van der Waals surface area (Å²) in [4.78, 5) is 46.0. The van der Waals surface area contributed by atoms with Crippen molar-refractivity contribution in [1.82, 2.24) is 24.8 Å². The molecule has 0 aliphatic carbocycles. The van der Waals surface area contributed by atoms with Crippen LogP contribution in [-0.2, 0) is 13.1 Å². The van der Waals surface area contributed by atoms with Gasteiger partial charge in [0.1, 0.15) is 22.3 Å². The number of ether oxygens (including phenoxy) is 2. The zero-order valence-corrected chi connectivity index (χ0v) is 23.9. The Kier molecular flexibility index (Phi) is 7.82. The van der Waals surface area contributed by atoms with Gasteiger partial charge in [-0.15, -0.1) is 0 Å². The lowest BCUT2D eigenvalue weighted by molar-refractivity contribution is -0.0506. The summed E-state index contributed by atoms with van der Waals surface area (Å²) in [6, 6.07) is 4.76. The second kappa shape index (κ2) is 11.3. The average Bonchev–Trinajstić information content (AvgIpc) is 3.48. The molecular weight excluding hydrogens is 578 g/mol. The molecule has 1 aliphatic rings. The molecule has 4 aromatic heterocycles. The fraction of sp³-hybridized carbons (Fsp3) is 0.259. The first-order valence-corrected chi connectivity index (χ1v) is 13.4. The summed E-state index contributed by atoms with van der Waals surface area (Å²) in [5, 5.41) is 3.45. The lowest BCUT2D eigenvalue weighted by atomic mass is 10.0. The van der Waals surface area contributed by atoms with Gasteiger partial charge in [-0.1, -0.05) is 22.9 Å². The molecular formula is C27H23ClF2N6O4S. The van der Waals surface area contributed by atoms with Gasteiger partial charge in [0.05, 0.1) is 48.2 Å². The Labute approximate surface area is 242 Å². The highest BCUT2D eigenvalue weighted by Crippen LogP contribution is 2.36. The molecule has 4 aromatic rings. The fourth-order valence-electron chi connectivity index (χ4n) is 4.42. The number of hydrogen-bond donors (Lipinski definition) is 1. The summed E-state index contributed by atoms with van der Waals surface area (Å²) in [5.41, 5.74) is 3.55. The smallest absolute Gasteiger partial charge is 0.387 e. The van der Waals surface area contributed by atoms with Crippen molar-refractivity contribution in [3.05, 3.63) is 74.5 Å². The lowest BCUT2D eigenvalue weighted by Crippen LogP contribution is -2.27. The topological polar surface area (TPSA) is 119 Å². The van der Waals surface area contributed by atoms with Crippen LogP contribution in [0.3, 0.4) is 0 Å². The van der Waals surface area contributed by atoms with E-state index >= 15 is 0 Å². The summed E-state index contributed by atoms with van der Waals surface area (Å²) in [6.45, 7) is 2.40. The van der Waals surface area contributed by atoms with E-state index in [0.29, 0.717) is 44.5 Å². The number of aryl methyl sites for hydroxylation is 3. The number of anilines is 1. The van der Waals surface area contributed by atoms with Crippen LogP contribution in [0, 0.1) is 20.8 Å². The van der Waals surface area contributed by atoms with Crippen LogP contribution in [-0.4, -0.2) is 50.4 Å². The van der Waals surface area contributed by atoms with E-state index in [2.05, 4.69) is 30.0 Å². The second-order valence-corrected chi connectivity index (χ2v) is 10.7. The number of hydrogen-bond acceptors (Lipinski definition) is 9. The molecule has 1 N–H and O–H groups in total. The van der Waals surface area contributed by atoms with Gasteiger partial charge < -0.3 is 14.4 Å². The maximum Gasteiger partial charge on any atom is 0.387 e. The number of pyridine rings is 3. The van der Waals surface area contributed by atoms with E-state index < -0.39 is 12.5 Å². The maximum atomic E-state index is 13.3. The van der Waals surface area contributed by atoms with E-state index in [0.717, 1.165) is 4.88 Å². The van der Waals surface area contributed by atoms with Crippen molar-refractivity contribution < 1.29 is 27.8 Å². The van der Waals surface area contributed by atoms with Crippen molar-refractivity contribution in [1.29, 1.82) is 0 Å². The number of halogens is 3. The van der Waals surface area contributed by atoms with Crippen LogP contribution in [0.2, 0.25) is 5.15 Å². The van der Waals surface area contributed by atoms with Crippen molar-refractivity contribution >= 4 is 39.9 Å². The summed E-state index contributed by atoms with van der Waals surface area (Å²) in [7, 11) is 1.50. The Morgan fingerprint density at radius 2 is 1.83 bits per heavy atom. The third-order valence-electron chi connectivity index (χ3n) is 6.37. The number of rotatable bonds is 7. The van der Waals surface area contributed by atoms with Gasteiger partial charge in [-0.05, 0) is 44.5 Å². The minimum atomic E-state index is -2.99. The number of carbonyl (C=O) groups is 2. The van der Waals surface area contributed by atoms with Crippen LogP contribution >= 0.6 is 22.9 Å². The van der Waals surface area contributed by atoms with Crippen molar-refractivity contribution in [3.63, 3.8) is 0 Å². The van der Waals surface area contributed by atoms with Crippen LogP contribution < -0.4 is 14.8 Å². The monoisotopic (exact) mass is 600 g/mol. The summed E-state index contributed by atoms with van der Waals surface area (Å²) in [6.07, 6.45) is 2.96. The SMILES string of the molecule is COc1cnc(Cl)cc1-c1cc(C)ncc1C(=O)Nc1nc2c(s1)CN(C(=O)c1nc(C)c(OC(F)F)cc1C)C2. The highest BCUT2D eigenvalue weighted by atomic mass is 35.5. The number of aromatic nitrogens is 4. The number of fused-ring (bicyclic) bond motifs is 1. The average molecular weight is 601 g/mol. The number of methoxy groups -OCH3 is 1. The Balaban J connectivity index is 1.33. The highest BCUT2D eigenvalue weighted by molar-refractivity contribution is 7.16. The summed E-state index contributed by atoms with van der Waals surface area (Å²) in [5.74, 6) is -0.410. The van der Waals surface area contributed by atoms with Crippen molar-refractivity contribution in [2.24, 2.45) is 0 Å². The molecule has 2 amide bonds. The molecule has 41 heavy (non-hydrogen) atoms. The van der Waals surface area contributed by atoms with E-state index in [1.165, 1.54) is 43.8 Å². The third kappa shape index (κ3) is 5.81. The molecule has 5 rings (SSSR count). The van der Waals surface area contributed by atoms with Crippen LogP contribution in [0.4, 0.5) is 13.9 Å². The first kappa shape index (κ1) is 28.3. The molecule has 212 valence electrons. The quantitative estimate of drug-likeness (QED) is 0.273. The maximum absolute atomic E-state index is 13.3. The number of alkyl halides is 2. The third-order valence-corrected chi connectivity index (χ3v) is 7.57. The van der Waals surface area contributed by atoms with Crippen molar-refractivity contribution in [2.45, 2.75) is 40.5 Å². The number of amides is 2. The Morgan fingerprint density at radius 3 is 2.54 bits per heavy atom. The van der Waals surface area contributed by atoms with Gasteiger partial charge in [0.25, 0.3) is 11.8 Å². The normalized spacial score (nSPS) is 12.4. The molecule has 0 spiro atoms. The lowest BCUT2D eigenvalue weighted by Gasteiger charge is -2.18. The zero-order chi connectivity index (χ0) is 29.4. The van der Waals surface area contributed by atoms with Crippen molar-refractivity contribution in [3.8, 4) is 22.6 Å². The van der Waals surface area contributed by atoms with Gasteiger partial charge in [-0.3, -0.25) is 19.9 Å². The molecule has 1 aliphatic heterocycles. The molecule has 0 aromatic carbocycles. The van der Waals surface area contributed by atoms with Crippen LogP contribution in [0.15, 0.2) is 30.6 Å². The largest absolute Gasteiger partial charge is 0.494 e. The highest BCUT2D eigenvalue weighted by Gasteiger charge is 2.30. The van der Waals surface area contributed by atoms with Crippen molar-refractivity contribution in [2.75, 3.05) is 12.4 Å². The number of carbonyl (C=O) groups excluding carboxylic acids is 2. The Bertz CT molecular complexity index is 1660. The number of nitrogens with one attached hydrogen (secondary N) is 1. The van der Waals surface area contributed by atoms with Crippen LogP contribution in [0.25, 0.3) is 11.1 Å². The van der Waals surface area contributed by atoms with Gasteiger partial charge in [0, 0.05) is 23.0 Å². The first-order chi connectivity index (χ1) is 19.5. The van der Waals surface area contributed by atoms with Gasteiger partial charge in [-0.25, -0.2) is 15.0 Å². The molecule has 0 atom stereocenters. The minimum Gasteiger partial charge on any atom is -0.494 e. The van der Waals surface area contributed by atoms with Gasteiger partial charge >= 0.3 is 6.61 Å². The molecule has 0 radical (unpaired) electrons. The first-order valence-electron chi connectivity index (χ1n) is 12.2. The van der Waals surface area contributed by atoms with E-state index in [9.17, 15) is 18.4 Å². The van der Waals surface area contributed by atoms with Gasteiger partial charge in [-0.2, -0.15) is 8.78 Å². The molecule has 10 nitrogen and oxygen atoms in total. The molecule has 5 heterocycles. The minimum absolute atomic E-state index is 0.0750. The van der Waals surface area contributed by atoms with E-state index in [1.807, 2.05) is 6.92 Å². The summed E-state index contributed by atoms with van der Waals surface area (Å²) < 4.78 is 35.2.